The van der Waals surface area contributed by atoms with Crippen LogP contribution in [0.3, 0.4) is 0 Å². The first-order chi connectivity index (χ1) is 9.42. The Morgan fingerprint density at radius 3 is 2.45 bits per heavy atom. The molecule has 0 saturated heterocycles. The Hall–Kier alpha value is -1.11. The van der Waals surface area contributed by atoms with E-state index in [4.69, 9.17) is 0 Å². The van der Waals surface area contributed by atoms with Crippen molar-refractivity contribution in [2.45, 2.75) is 38.1 Å². The van der Waals surface area contributed by atoms with Gasteiger partial charge in [-0.2, -0.15) is 0 Å². The van der Waals surface area contributed by atoms with Crippen LogP contribution in [0.15, 0.2) is 29.2 Å². The minimum atomic E-state index is -3.53. The lowest BCUT2D eigenvalue weighted by Crippen LogP contribution is -2.31. The van der Waals surface area contributed by atoms with Gasteiger partial charge in [-0.25, -0.2) is 13.1 Å². The summed E-state index contributed by atoms with van der Waals surface area (Å²) in [6, 6.07) is 6.56. The second-order valence-corrected chi connectivity index (χ2v) is 6.81. The van der Waals surface area contributed by atoms with Crippen molar-refractivity contribution in [3.05, 3.63) is 24.3 Å². The second-order valence-electron chi connectivity index (χ2n) is 5.07. The van der Waals surface area contributed by atoms with Gasteiger partial charge in [-0.05, 0) is 24.5 Å². The smallest absolute Gasteiger partial charge is 0.242 e. The molecule has 0 aliphatic carbocycles. The lowest BCUT2D eigenvalue weighted by molar-refractivity contribution is 0.249. The van der Waals surface area contributed by atoms with Gasteiger partial charge in [0.05, 0.1) is 18.3 Å². The fourth-order valence-corrected chi connectivity index (χ4v) is 3.06. The zero-order valence-corrected chi connectivity index (χ0v) is 13.1. The summed E-state index contributed by atoms with van der Waals surface area (Å²) in [5, 5.41) is 12.5. The summed E-state index contributed by atoms with van der Waals surface area (Å²) in [4.78, 5) is 0.215. The lowest BCUT2D eigenvalue weighted by atomic mass is 10.1. The molecule has 3 N–H and O–H groups in total. The molecule has 0 bridgehead atoms. The Morgan fingerprint density at radius 1 is 1.25 bits per heavy atom. The van der Waals surface area contributed by atoms with Crippen LogP contribution in [-0.4, -0.2) is 32.7 Å². The first-order valence-electron chi connectivity index (χ1n) is 6.88. The number of para-hydroxylation sites is 1. The van der Waals surface area contributed by atoms with E-state index in [-0.39, 0.29) is 23.5 Å². The second kappa shape index (κ2) is 7.61. The highest BCUT2D eigenvalue weighted by molar-refractivity contribution is 7.89. The summed E-state index contributed by atoms with van der Waals surface area (Å²) in [6.45, 7) is 6.21. The number of nitrogens with one attached hydrogen (secondary N) is 2. The molecule has 0 unspecified atom stereocenters. The van der Waals surface area contributed by atoms with E-state index in [0.717, 1.165) is 6.42 Å². The quantitative estimate of drug-likeness (QED) is 0.684. The topological polar surface area (TPSA) is 78.4 Å². The molecular formula is C14H24N2O3S. The molecule has 1 aromatic rings. The Balaban J connectivity index is 3.05. The number of aliphatic hydroxyl groups excluding tert-OH is 1. The van der Waals surface area contributed by atoms with E-state index in [0.29, 0.717) is 12.2 Å². The fourth-order valence-electron chi connectivity index (χ4n) is 1.76. The third kappa shape index (κ3) is 4.47. The SMILES string of the molecule is CCCNS(=O)(=O)c1ccccc1N[C@H](CO)C(C)C. The van der Waals surface area contributed by atoms with Gasteiger partial charge in [0.25, 0.3) is 0 Å². The maximum Gasteiger partial charge on any atom is 0.242 e. The van der Waals surface area contributed by atoms with E-state index < -0.39 is 10.0 Å². The molecule has 0 aliphatic heterocycles. The van der Waals surface area contributed by atoms with Crippen molar-refractivity contribution in [2.24, 2.45) is 5.92 Å². The van der Waals surface area contributed by atoms with Crippen molar-refractivity contribution in [3.63, 3.8) is 0 Å². The van der Waals surface area contributed by atoms with Crippen molar-refractivity contribution >= 4 is 15.7 Å². The average molecular weight is 300 g/mol. The van der Waals surface area contributed by atoms with E-state index in [1.54, 1.807) is 24.3 Å². The molecule has 114 valence electrons. The van der Waals surface area contributed by atoms with Crippen molar-refractivity contribution in [1.29, 1.82) is 0 Å². The highest BCUT2D eigenvalue weighted by Crippen LogP contribution is 2.22. The van der Waals surface area contributed by atoms with E-state index in [1.165, 1.54) is 0 Å². The lowest BCUT2D eigenvalue weighted by Gasteiger charge is -2.23. The number of sulfonamides is 1. The van der Waals surface area contributed by atoms with Gasteiger partial charge in [0.2, 0.25) is 10.0 Å². The minimum Gasteiger partial charge on any atom is -0.394 e. The van der Waals surface area contributed by atoms with Gasteiger partial charge >= 0.3 is 0 Å². The molecule has 0 aliphatic rings. The molecule has 0 heterocycles. The van der Waals surface area contributed by atoms with Crippen LogP contribution < -0.4 is 10.0 Å². The van der Waals surface area contributed by atoms with Gasteiger partial charge in [-0.1, -0.05) is 32.9 Å². The molecule has 0 aromatic heterocycles. The van der Waals surface area contributed by atoms with Crippen LogP contribution in [-0.2, 0) is 10.0 Å². The molecule has 5 nitrogen and oxygen atoms in total. The summed E-state index contributed by atoms with van der Waals surface area (Å²) < 4.78 is 27.0. The van der Waals surface area contributed by atoms with E-state index >= 15 is 0 Å². The molecular weight excluding hydrogens is 276 g/mol. The number of hydrogen-bond donors (Lipinski definition) is 3. The summed E-state index contributed by atoms with van der Waals surface area (Å²) >= 11 is 0. The van der Waals surface area contributed by atoms with E-state index in [2.05, 4.69) is 10.0 Å². The first kappa shape index (κ1) is 16.9. The molecule has 0 fully saturated rings. The van der Waals surface area contributed by atoms with Gasteiger partial charge < -0.3 is 10.4 Å². The monoisotopic (exact) mass is 300 g/mol. The molecule has 1 atom stereocenters. The fraction of sp³-hybridized carbons (Fsp3) is 0.571. The minimum absolute atomic E-state index is 0.0472. The van der Waals surface area contributed by atoms with Gasteiger partial charge in [0.1, 0.15) is 4.90 Å². The summed E-state index contributed by atoms with van der Waals surface area (Å²) in [6.07, 6.45) is 0.736. The number of aliphatic hydroxyl groups is 1. The maximum absolute atomic E-state index is 12.2. The number of hydrogen-bond acceptors (Lipinski definition) is 4. The Kier molecular flexibility index (Phi) is 6.45. The highest BCUT2D eigenvalue weighted by atomic mass is 32.2. The largest absolute Gasteiger partial charge is 0.394 e. The Morgan fingerprint density at radius 2 is 1.90 bits per heavy atom. The standard InChI is InChI=1S/C14H24N2O3S/c1-4-9-15-20(18,19)14-8-6-5-7-12(14)16-13(10-17)11(2)3/h5-8,11,13,15-17H,4,9-10H2,1-3H3/t13-/m1/s1. The van der Waals surface area contributed by atoms with Crippen molar-refractivity contribution in [2.75, 3.05) is 18.5 Å². The van der Waals surface area contributed by atoms with Crippen LogP contribution in [0.1, 0.15) is 27.2 Å². The molecule has 0 spiro atoms. The third-order valence-corrected chi connectivity index (χ3v) is 4.58. The summed E-state index contributed by atoms with van der Waals surface area (Å²) in [5.41, 5.74) is 0.517. The van der Waals surface area contributed by atoms with Gasteiger partial charge in [0, 0.05) is 6.54 Å². The van der Waals surface area contributed by atoms with Crippen LogP contribution in [0.2, 0.25) is 0 Å². The van der Waals surface area contributed by atoms with E-state index in [1.807, 2.05) is 20.8 Å². The van der Waals surface area contributed by atoms with Gasteiger partial charge in [-0.3, -0.25) is 0 Å². The molecule has 0 amide bonds. The third-order valence-electron chi connectivity index (χ3n) is 3.06. The number of anilines is 1. The van der Waals surface area contributed by atoms with E-state index in [9.17, 15) is 13.5 Å². The molecule has 0 radical (unpaired) electrons. The van der Waals surface area contributed by atoms with Crippen LogP contribution in [0.4, 0.5) is 5.69 Å². The first-order valence-corrected chi connectivity index (χ1v) is 8.36. The molecule has 0 saturated carbocycles. The van der Waals surface area contributed by atoms with Gasteiger partial charge in [-0.15, -0.1) is 0 Å². The predicted octanol–water partition coefficient (Wildman–Crippen LogP) is 1.80. The van der Waals surface area contributed by atoms with Gasteiger partial charge in [0.15, 0.2) is 0 Å². The molecule has 1 rings (SSSR count). The van der Waals surface area contributed by atoms with Crippen LogP contribution >= 0.6 is 0 Å². The molecule has 6 heteroatoms. The Bertz CT molecular complexity index is 515. The molecule has 1 aromatic carbocycles. The van der Waals surface area contributed by atoms with Crippen LogP contribution in [0, 0.1) is 5.92 Å². The van der Waals surface area contributed by atoms with Crippen molar-refractivity contribution < 1.29 is 13.5 Å². The Labute approximate surface area is 121 Å². The zero-order chi connectivity index (χ0) is 15.2. The zero-order valence-electron chi connectivity index (χ0n) is 12.3. The average Bonchev–Trinajstić information content (AvgIpc) is 2.42. The number of rotatable bonds is 8. The van der Waals surface area contributed by atoms with Crippen LogP contribution in [0.25, 0.3) is 0 Å². The van der Waals surface area contributed by atoms with Crippen molar-refractivity contribution in [1.82, 2.24) is 4.72 Å². The number of benzene rings is 1. The van der Waals surface area contributed by atoms with Crippen LogP contribution in [0.5, 0.6) is 0 Å². The highest BCUT2D eigenvalue weighted by Gasteiger charge is 2.20. The molecule has 20 heavy (non-hydrogen) atoms. The van der Waals surface area contributed by atoms with Crippen molar-refractivity contribution in [3.8, 4) is 0 Å². The maximum atomic E-state index is 12.2. The normalized spacial score (nSPS) is 13.4. The summed E-state index contributed by atoms with van der Waals surface area (Å²) in [5.74, 6) is 0.194. The summed E-state index contributed by atoms with van der Waals surface area (Å²) in [7, 11) is -3.53. The predicted molar refractivity (Wildman–Crippen MR) is 81.3 cm³/mol.